The fourth-order valence-electron chi connectivity index (χ4n) is 10.3. The van der Waals surface area contributed by atoms with Crippen molar-refractivity contribution < 1.29 is 47.4 Å². The molecule has 3 heterocycles. The zero-order valence-electron chi connectivity index (χ0n) is 46.9. The second-order valence-corrected chi connectivity index (χ2v) is 23.2. The zero-order valence-corrected chi connectivity index (χ0v) is 47.9. The predicted octanol–water partition coefficient (Wildman–Crippen LogP) is 11.8. The average molecular weight is 1110 g/mol. The molecule has 2 N–H and O–H groups in total. The summed E-state index contributed by atoms with van der Waals surface area (Å²) in [5.74, 6) is 0.872. The minimum absolute atomic E-state index is 0.000298. The van der Waals surface area contributed by atoms with Gasteiger partial charge in [0.05, 0.1) is 0 Å². The van der Waals surface area contributed by atoms with Crippen molar-refractivity contribution in [1.82, 2.24) is 24.2 Å². The number of ether oxygens (including phenoxy) is 6. The van der Waals surface area contributed by atoms with Gasteiger partial charge in [0.15, 0.2) is 0 Å². The van der Waals surface area contributed by atoms with E-state index in [9.17, 15) is 19.7 Å². The molecule has 4 atom stereocenters. The Morgan fingerprint density at radius 1 is 0.787 bits per heavy atom. The minimum atomic E-state index is -4.19. The number of esters is 1. The number of amides is 1. The fraction of sp³-hybridized carbons (Fsp3) is 0.377. The van der Waals surface area contributed by atoms with E-state index in [1.54, 1.807) is 43.1 Å². The molecule has 1 fully saturated rings. The van der Waals surface area contributed by atoms with Gasteiger partial charge in [0, 0.05) is 0 Å². The number of anilines is 3. The molecule has 422 valence electrons. The van der Waals surface area contributed by atoms with Gasteiger partial charge in [-0.3, -0.25) is 0 Å². The van der Waals surface area contributed by atoms with E-state index in [1.807, 2.05) is 168 Å². The topological polar surface area (TPSA) is 205 Å². The third-order valence-electron chi connectivity index (χ3n) is 13.8. The summed E-state index contributed by atoms with van der Waals surface area (Å²) in [5.41, 5.74) is 2.30. The standard InChI is InChI=1S/C61H73N8O10P/c1-10-21-52(70)77-55-54(79-80(72,37-20-36-62)69(42(4)5)43(6)7)51(39-75-61(44-22-14-11-15-23-44,45-28-32-49(73-8)33-29-45)46-30-34-50(74-9)35-31-46)76-58(55)67-40-64-53-56(67)65-59(63-38-41(2)3)66-57(53)78-60(71)68(47-24-16-12-17-25-47)48-26-18-13-19-27-48/h11-19,22-35,40-43,51,54-55,58,72,80H,10,20-21,37-39H2,1-9H3,(H,63,65,66)/t51-,54-,55-,58-/m1/s1. The van der Waals surface area contributed by atoms with E-state index in [2.05, 4.69) is 11.4 Å². The van der Waals surface area contributed by atoms with Crippen LogP contribution in [0.3, 0.4) is 0 Å². The number of imidazole rings is 1. The molecule has 1 aliphatic rings. The normalized spacial score (nSPS) is 16.7. The number of nitrogens with zero attached hydrogens (tertiary/aromatic N) is 7. The molecule has 1 saturated heterocycles. The second kappa shape index (κ2) is 26.6. The van der Waals surface area contributed by atoms with Crippen molar-refractivity contribution in [2.24, 2.45) is 5.92 Å². The van der Waals surface area contributed by atoms with Crippen molar-refractivity contribution in [1.29, 1.82) is 5.26 Å². The zero-order chi connectivity index (χ0) is 57.0. The Kier molecular flexibility index (Phi) is 19.5. The van der Waals surface area contributed by atoms with E-state index in [0.29, 0.717) is 35.8 Å². The molecule has 0 bridgehead atoms. The number of fused-ring (bicyclic) bond motifs is 1. The van der Waals surface area contributed by atoms with Crippen molar-refractivity contribution in [2.45, 2.75) is 110 Å². The van der Waals surface area contributed by atoms with Gasteiger partial charge < -0.3 is 0 Å². The molecule has 18 nitrogen and oxygen atoms in total. The summed E-state index contributed by atoms with van der Waals surface area (Å²) in [4.78, 5) is 57.9. The molecule has 0 unspecified atom stereocenters. The van der Waals surface area contributed by atoms with E-state index < -0.39 is 50.1 Å². The number of aromatic nitrogens is 4. The first-order chi connectivity index (χ1) is 38.6. The van der Waals surface area contributed by atoms with E-state index >= 15 is 0 Å². The van der Waals surface area contributed by atoms with Gasteiger partial charge in [-0.15, -0.1) is 0 Å². The number of hydrogen-bond acceptors (Lipinski definition) is 16. The molecule has 80 heavy (non-hydrogen) atoms. The maximum atomic E-state index is 14.6. The number of carbonyl (C=O) groups is 2. The molecule has 5 aromatic carbocycles. The first-order valence-corrected chi connectivity index (χ1v) is 29.1. The Labute approximate surface area is 469 Å². The van der Waals surface area contributed by atoms with E-state index in [4.69, 9.17) is 47.9 Å². The molecular weight excluding hydrogens is 1040 g/mol. The number of rotatable bonds is 25. The van der Waals surface area contributed by atoms with Crippen LogP contribution < -0.4 is 24.4 Å². The molecule has 0 saturated carbocycles. The number of nitrogens with one attached hydrogen (secondary N) is 1. The van der Waals surface area contributed by atoms with Crippen molar-refractivity contribution in [3.05, 3.63) is 163 Å². The second-order valence-electron chi connectivity index (χ2n) is 20.5. The average Bonchev–Trinajstić information content (AvgIpc) is 4.16. The molecule has 0 aliphatic carbocycles. The van der Waals surface area contributed by atoms with Crippen molar-refractivity contribution in [2.75, 3.05) is 43.7 Å². The van der Waals surface area contributed by atoms with Crippen molar-refractivity contribution in [3.63, 3.8) is 0 Å². The van der Waals surface area contributed by atoms with E-state index in [1.165, 1.54) is 11.2 Å². The van der Waals surface area contributed by atoms with Crippen LogP contribution in [0.1, 0.15) is 90.6 Å². The van der Waals surface area contributed by atoms with Crippen LogP contribution in [0.25, 0.3) is 11.2 Å². The Bertz CT molecular complexity index is 3070. The summed E-state index contributed by atoms with van der Waals surface area (Å²) in [7, 11) is -0.978. The van der Waals surface area contributed by atoms with Gasteiger partial charge in [0.1, 0.15) is 0 Å². The van der Waals surface area contributed by atoms with Gasteiger partial charge in [0.2, 0.25) is 0 Å². The first-order valence-electron chi connectivity index (χ1n) is 27.1. The monoisotopic (exact) mass is 1110 g/mol. The predicted molar refractivity (Wildman–Crippen MR) is 309 cm³/mol. The Balaban J connectivity index is 1.31. The van der Waals surface area contributed by atoms with Crippen LogP contribution in [0.4, 0.5) is 22.1 Å². The van der Waals surface area contributed by atoms with Crippen LogP contribution in [-0.4, -0.2) is 105 Å². The van der Waals surface area contributed by atoms with Crippen LogP contribution >= 0.6 is 7.87 Å². The summed E-state index contributed by atoms with van der Waals surface area (Å²) in [5, 5.41) is 13.4. The third kappa shape index (κ3) is 13.1. The molecular formula is C61H73N8O10P. The summed E-state index contributed by atoms with van der Waals surface area (Å²) in [6.07, 6.45) is -3.69. The quantitative estimate of drug-likeness (QED) is 0.0310. The number of hydrogen-bond donors (Lipinski definition) is 2. The number of benzene rings is 5. The molecule has 2 aromatic heterocycles. The Morgan fingerprint density at radius 3 is 1.85 bits per heavy atom. The molecule has 8 rings (SSSR count). The van der Waals surface area contributed by atoms with Crippen molar-refractivity contribution >= 4 is 48.4 Å². The van der Waals surface area contributed by atoms with Crippen LogP contribution in [0.15, 0.2) is 146 Å². The van der Waals surface area contributed by atoms with Crippen molar-refractivity contribution in [3.8, 4) is 23.4 Å². The summed E-state index contributed by atoms with van der Waals surface area (Å²) in [6.45, 7) is 14.0. The van der Waals surface area contributed by atoms with Gasteiger partial charge in [-0.05, 0) is 24.3 Å². The molecule has 1 aliphatic heterocycles. The van der Waals surface area contributed by atoms with Crippen LogP contribution in [-0.2, 0) is 29.1 Å². The number of nitriles is 1. The molecule has 1 amide bonds. The molecule has 0 spiro atoms. The summed E-state index contributed by atoms with van der Waals surface area (Å²) in [6, 6.07) is 45.0. The van der Waals surface area contributed by atoms with Crippen LogP contribution in [0.2, 0.25) is 0 Å². The molecule has 0 radical (unpaired) electrons. The van der Waals surface area contributed by atoms with Gasteiger partial charge >= 0.3 is 410 Å². The number of carbonyl (C=O) groups excluding carboxylic acids is 2. The fourth-order valence-corrected chi connectivity index (χ4v) is 13.6. The Morgan fingerprint density at radius 2 is 1.34 bits per heavy atom. The molecule has 19 heteroatoms. The van der Waals surface area contributed by atoms with Gasteiger partial charge in [-0.2, -0.15) is 0 Å². The van der Waals surface area contributed by atoms with E-state index in [0.717, 1.165) is 16.7 Å². The Hall–Kier alpha value is -7.49. The van der Waals surface area contributed by atoms with E-state index in [-0.39, 0.29) is 66.6 Å². The van der Waals surface area contributed by atoms with Crippen LogP contribution in [0.5, 0.6) is 17.4 Å². The number of methoxy groups -OCH3 is 2. The first kappa shape index (κ1) is 58.7. The van der Waals surface area contributed by atoms with Crippen LogP contribution in [0, 0.1) is 17.2 Å². The molecule has 7 aromatic rings. The van der Waals surface area contributed by atoms with Gasteiger partial charge in [0.25, 0.3) is 0 Å². The third-order valence-corrected chi connectivity index (χ3v) is 17.2. The summed E-state index contributed by atoms with van der Waals surface area (Å²) < 4.78 is 49.6. The van der Waals surface area contributed by atoms with Gasteiger partial charge in [-0.1, -0.05) is 36.4 Å². The maximum absolute atomic E-state index is 14.6. The SMILES string of the molecule is CCCC(=O)O[C@@H]1[C@H](O[PH](O)(CCC#N)N(C(C)C)C(C)C)[C@@H](COC(c2ccccc2)(c2ccc(OC)cc2)c2ccc(OC)cc2)O[C@H]1n1cnc2c(OC(=O)N(c3ccccc3)c3ccccc3)nc(NCC(C)C)nc21. The summed E-state index contributed by atoms with van der Waals surface area (Å²) >= 11 is 0. The number of para-hydroxylation sites is 2. The van der Waals surface area contributed by atoms with Gasteiger partial charge in [-0.25, -0.2) is 0 Å².